The summed E-state index contributed by atoms with van der Waals surface area (Å²) in [6, 6.07) is 19.2. The zero-order chi connectivity index (χ0) is 17.8. The van der Waals surface area contributed by atoms with Crippen LogP contribution < -0.4 is 15.1 Å². The second-order valence-electron chi connectivity index (χ2n) is 6.88. The maximum Gasteiger partial charge on any atom is 0.187 e. The van der Waals surface area contributed by atoms with E-state index in [4.69, 9.17) is 4.98 Å². The van der Waals surface area contributed by atoms with Crippen LogP contribution in [0.2, 0.25) is 0 Å². The van der Waals surface area contributed by atoms with Crippen molar-refractivity contribution in [2.24, 2.45) is 0 Å². The fourth-order valence-electron chi connectivity index (χ4n) is 3.36. The number of hydrogen-bond donors (Lipinski definition) is 2. The molecule has 2 aromatic carbocycles. The SMILES string of the molecule is Cc1ccc(Nc2nc(C[NH+]3CCN(c4ccccc4)CC3)cs2)cc1. The summed E-state index contributed by atoms with van der Waals surface area (Å²) in [7, 11) is 0. The predicted octanol–water partition coefficient (Wildman–Crippen LogP) is 3.10. The third-order valence-electron chi connectivity index (χ3n) is 4.88. The molecule has 0 saturated carbocycles. The lowest BCUT2D eigenvalue weighted by atomic mass is 10.2. The van der Waals surface area contributed by atoms with E-state index in [-0.39, 0.29) is 0 Å². The van der Waals surface area contributed by atoms with Crippen molar-refractivity contribution in [1.29, 1.82) is 0 Å². The quantitative estimate of drug-likeness (QED) is 0.729. The van der Waals surface area contributed by atoms with E-state index in [0.717, 1.165) is 43.5 Å². The molecule has 0 atom stereocenters. The van der Waals surface area contributed by atoms with Gasteiger partial charge in [0.25, 0.3) is 0 Å². The lowest BCUT2D eigenvalue weighted by Gasteiger charge is -2.33. The number of aryl methyl sites for hydroxylation is 1. The van der Waals surface area contributed by atoms with Crippen LogP contribution in [0.1, 0.15) is 11.3 Å². The van der Waals surface area contributed by atoms with Crippen LogP contribution in [0.5, 0.6) is 0 Å². The highest BCUT2D eigenvalue weighted by Crippen LogP contribution is 2.21. The van der Waals surface area contributed by atoms with E-state index in [1.165, 1.54) is 16.9 Å². The maximum absolute atomic E-state index is 4.77. The molecule has 0 radical (unpaired) electrons. The van der Waals surface area contributed by atoms with Gasteiger partial charge in [-0.15, -0.1) is 11.3 Å². The van der Waals surface area contributed by atoms with Crippen molar-refractivity contribution in [3.63, 3.8) is 0 Å². The molecule has 4 nitrogen and oxygen atoms in total. The normalized spacial score (nSPS) is 15.2. The van der Waals surface area contributed by atoms with Crippen LogP contribution in [0, 0.1) is 6.92 Å². The van der Waals surface area contributed by atoms with E-state index in [0.29, 0.717) is 0 Å². The molecule has 26 heavy (non-hydrogen) atoms. The maximum atomic E-state index is 4.77. The lowest BCUT2D eigenvalue weighted by molar-refractivity contribution is -0.914. The van der Waals surface area contributed by atoms with Crippen LogP contribution in [0.3, 0.4) is 0 Å². The van der Waals surface area contributed by atoms with Crippen LogP contribution >= 0.6 is 11.3 Å². The highest BCUT2D eigenvalue weighted by Gasteiger charge is 2.21. The number of nitrogens with zero attached hydrogens (tertiary/aromatic N) is 2. The summed E-state index contributed by atoms with van der Waals surface area (Å²) in [6.45, 7) is 7.65. The minimum absolute atomic E-state index is 0.978. The topological polar surface area (TPSA) is 32.6 Å². The number of hydrogen-bond acceptors (Lipinski definition) is 4. The van der Waals surface area contributed by atoms with Gasteiger partial charge in [-0.05, 0) is 31.2 Å². The minimum Gasteiger partial charge on any atom is -0.360 e. The summed E-state index contributed by atoms with van der Waals surface area (Å²) in [4.78, 5) is 8.87. The molecule has 2 N–H and O–H groups in total. The predicted molar refractivity (Wildman–Crippen MR) is 110 cm³/mol. The van der Waals surface area contributed by atoms with E-state index in [1.807, 2.05) is 0 Å². The zero-order valence-corrected chi connectivity index (χ0v) is 15.9. The fraction of sp³-hybridized carbons (Fsp3) is 0.286. The molecule has 0 bridgehead atoms. The van der Waals surface area contributed by atoms with Crippen molar-refractivity contribution < 1.29 is 4.90 Å². The van der Waals surface area contributed by atoms with Crippen molar-refractivity contribution >= 4 is 27.8 Å². The average Bonchev–Trinajstić information content (AvgIpc) is 3.12. The van der Waals surface area contributed by atoms with Gasteiger partial charge in [-0.25, -0.2) is 4.98 Å². The highest BCUT2D eigenvalue weighted by molar-refractivity contribution is 7.13. The Bertz CT molecular complexity index is 821. The molecule has 1 saturated heterocycles. The summed E-state index contributed by atoms with van der Waals surface area (Å²) in [6.07, 6.45) is 0. The van der Waals surface area contributed by atoms with Gasteiger partial charge in [-0.3, -0.25) is 0 Å². The van der Waals surface area contributed by atoms with Gasteiger partial charge in [-0.1, -0.05) is 35.9 Å². The molecule has 1 fully saturated rings. The summed E-state index contributed by atoms with van der Waals surface area (Å²) >= 11 is 1.69. The third-order valence-corrected chi connectivity index (χ3v) is 5.68. The average molecular weight is 366 g/mol. The number of para-hydroxylation sites is 1. The first-order valence-corrected chi connectivity index (χ1v) is 10.1. The Balaban J connectivity index is 1.30. The summed E-state index contributed by atoms with van der Waals surface area (Å²) < 4.78 is 0. The van der Waals surface area contributed by atoms with Gasteiger partial charge in [-0.2, -0.15) is 0 Å². The van der Waals surface area contributed by atoms with E-state index >= 15 is 0 Å². The van der Waals surface area contributed by atoms with Crippen molar-refractivity contribution in [3.05, 3.63) is 71.2 Å². The Morgan fingerprint density at radius 3 is 2.50 bits per heavy atom. The van der Waals surface area contributed by atoms with Crippen molar-refractivity contribution in [3.8, 4) is 0 Å². The van der Waals surface area contributed by atoms with E-state index in [2.05, 4.69) is 77.1 Å². The molecular formula is C21H25N4S+. The van der Waals surface area contributed by atoms with Gasteiger partial charge in [0, 0.05) is 16.8 Å². The van der Waals surface area contributed by atoms with E-state index < -0.39 is 0 Å². The number of piperazine rings is 1. The first-order chi connectivity index (χ1) is 12.8. The van der Waals surface area contributed by atoms with Crippen LogP contribution in [0.25, 0.3) is 0 Å². The molecule has 0 spiro atoms. The largest absolute Gasteiger partial charge is 0.360 e. The summed E-state index contributed by atoms with van der Waals surface area (Å²) in [5, 5.41) is 6.57. The fourth-order valence-corrected chi connectivity index (χ4v) is 4.09. The monoisotopic (exact) mass is 365 g/mol. The Kier molecular flexibility index (Phi) is 5.18. The number of thiazole rings is 1. The molecule has 1 aliphatic rings. The minimum atomic E-state index is 0.978. The van der Waals surface area contributed by atoms with Crippen molar-refractivity contribution in [2.45, 2.75) is 13.5 Å². The second-order valence-corrected chi connectivity index (χ2v) is 7.74. The van der Waals surface area contributed by atoms with Crippen molar-refractivity contribution in [1.82, 2.24) is 4.98 Å². The molecule has 0 aliphatic carbocycles. The number of nitrogens with one attached hydrogen (secondary N) is 2. The first-order valence-electron chi connectivity index (χ1n) is 9.18. The Morgan fingerprint density at radius 1 is 1.04 bits per heavy atom. The number of aromatic nitrogens is 1. The number of benzene rings is 2. The van der Waals surface area contributed by atoms with Gasteiger partial charge in [0.2, 0.25) is 0 Å². The molecule has 4 rings (SSSR count). The number of quaternary nitrogens is 1. The van der Waals surface area contributed by atoms with Crippen LogP contribution in [0.4, 0.5) is 16.5 Å². The number of rotatable bonds is 5. The Hall–Kier alpha value is -2.37. The van der Waals surface area contributed by atoms with Gasteiger partial charge < -0.3 is 15.1 Å². The van der Waals surface area contributed by atoms with Crippen molar-refractivity contribution in [2.75, 3.05) is 36.4 Å². The van der Waals surface area contributed by atoms with Crippen LogP contribution in [-0.4, -0.2) is 31.2 Å². The van der Waals surface area contributed by atoms with Crippen LogP contribution in [0.15, 0.2) is 60.0 Å². The molecular weight excluding hydrogens is 340 g/mol. The molecule has 1 aromatic heterocycles. The summed E-state index contributed by atoms with van der Waals surface area (Å²) in [5.74, 6) is 0. The molecule has 2 heterocycles. The number of anilines is 3. The molecule has 1 aliphatic heterocycles. The van der Waals surface area contributed by atoms with Gasteiger partial charge in [0.1, 0.15) is 12.2 Å². The molecule has 0 amide bonds. The standard InChI is InChI=1S/C21H24N4S/c1-17-7-9-18(10-8-17)22-21-23-19(16-26-21)15-24-11-13-25(14-12-24)20-5-3-2-4-6-20/h2-10,16H,11-15H2,1H3,(H,22,23)/p+1. The molecule has 134 valence electrons. The summed E-state index contributed by atoms with van der Waals surface area (Å²) in [5.41, 5.74) is 4.89. The highest BCUT2D eigenvalue weighted by atomic mass is 32.1. The third kappa shape index (κ3) is 4.23. The van der Waals surface area contributed by atoms with Gasteiger partial charge >= 0.3 is 0 Å². The molecule has 5 heteroatoms. The second kappa shape index (κ2) is 7.89. The van der Waals surface area contributed by atoms with E-state index in [9.17, 15) is 0 Å². The lowest BCUT2D eigenvalue weighted by Crippen LogP contribution is -3.13. The molecule has 3 aromatic rings. The van der Waals surface area contributed by atoms with E-state index in [1.54, 1.807) is 16.2 Å². The zero-order valence-electron chi connectivity index (χ0n) is 15.1. The van der Waals surface area contributed by atoms with Gasteiger partial charge in [0.05, 0.1) is 26.2 Å². The smallest absolute Gasteiger partial charge is 0.187 e. The molecule has 0 unspecified atom stereocenters. The van der Waals surface area contributed by atoms with Gasteiger partial charge in [0.15, 0.2) is 5.13 Å². The Morgan fingerprint density at radius 2 is 1.77 bits per heavy atom. The Labute approximate surface area is 159 Å². The first kappa shape index (κ1) is 17.1. The van der Waals surface area contributed by atoms with Crippen LogP contribution in [-0.2, 0) is 6.54 Å².